The molecule has 110 valence electrons. The van der Waals surface area contributed by atoms with Gasteiger partial charge in [0, 0.05) is 16.9 Å². The smallest absolute Gasteiger partial charge is 0.229 e. The molecule has 1 aromatic carbocycles. The summed E-state index contributed by atoms with van der Waals surface area (Å²) in [5, 5.41) is 8.81. The van der Waals surface area contributed by atoms with Gasteiger partial charge in [0.1, 0.15) is 0 Å². The number of hydrogen-bond donors (Lipinski definition) is 2. The van der Waals surface area contributed by atoms with E-state index >= 15 is 0 Å². The average molecular weight is 301 g/mol. The number of carbonyl (C=O) groups excluding carboxylic acids is 1. The van der Waals surface area contributed by atoms with Crippen molar-refractivity contribution in [2.24, 2.45) is 11.8 Å². The van der Waals surface area contributed by atoms with Crippen LogP contribution in [0.4, 0.5) is 5.13 Å². The first-order valence-electron chi connectivity index (χ1n) is 7.18. The minimum Gasteiger partial charge on any atom is -0.316 e. The van der Waals surface area contributed by atoms with Gasteiger partial charge in [-0.2, -0.15) is 0 Å². The van der Waals surface area contributed by atoms with E-state index in [0.717, 1.165) is 24.3 Å². The van der Waals surface area contributed by atoms with Crippen LogP contribution in [0.15, 0.2) is 29.6 Å². The highest BCUT2D eigenvalue weighted by atomic mass is 32.1. The van der Waals surface area contributed by atoms with Gasteiger partial charge in [-0.15, -0.1) is 11.3 Å². The third-order valence-corrected chi connectivity index (χ3v) is 4.85. The number of aromatic nitrogens is 1. The van der Waals surface area contributed by atoms with E-state index in [0.29, 0.717) is 11.0 Å². The predicted molar refractivity (Wildman–Crippen MR) is 86.4 cm³/mol. The molecule has 0 spiro atoms. The van der Waals surface area contributed by atoms with Crippen LogP contribution in [0.3, 0.4) is 0 Å². The molecule has 1 fully saturated rings. The Bertz CT molecular complexity index is 648. The van der Waals surface area contributed by atoms with Gasteiger partial charge in [0.25, 0.3) is 0 Å². The number of amides is 1. The Hall–Kier alpha value is -1.72. The average Bonchev–Trinajstić information content (AvgIpc) is 2.85. The van der Waals surface area contributed by atoms with E-state index in [9.17, 15) is 4.79 Å². The second-order valence-electron chi connectivity index (χ2n) is 5.55. The highest BCUT2D eigenvalue weighted by molar-refractivity contribution is 7.14. The van der Waals surface area contributed by atoms with Crippen molar-refractivity contribution in [3.63, 3.8) is 0 Å². The van der Waals surface area contributed by atoms with Gasteiger partial charge in [0.2, 0.25) is 5.91 Å². The minimum atomic E-state index is 0.0251. The molecular weight excluding hydrogens is 282 g/mol. The molecule has 2 N–H and O–H groups in total. The fourth-order valence-electron chi connectivity index (χ4n) is 2.41. The standard InChI is InChI=1S/C16H19N3OS/c1-10-5-3-4-6-13(10)14-9-21-16(18-14)19-15(20)11(2)12-7-17-8-12/h3-6,9,11-12,17H,7-8H2,1-2H3,(H,18,19,20). The Kier molecular flexibility index (Phi) is 4.03. The summed E-state index contributed by atoms with van der Waals surface area (Å²) < 4.78 is 0. The van der Waals surface area contributed by atoms with Crippen molar-refractivity contribution in [1.82, 2.24) is 10.3 Å². The lowest BCUT2D eigenvalue weighted by Crippen LogP contribution is -2.48. The van der Waals surface area contributed by atoms with Crippen molar-refractivity contribution in [2.75, 3.05) is 18.4 Å². The van der Waals surface area contributed by atoms with Crippen molar-refractivity contribution in [3.05, 3.63) is 35.2 Å². The number of rotatable bonds is 4. The molecule has 4 nitrogen and oxygen atoms in total. The molecule has 2 aromatic rings. The van der Waals surface area contributed by atoms with Gasteiger partial charge in [0.05, 0.1) is 5.69 Å². The molecule has 1 amide bonds. The number of benzene rings is 1. The zero-order chi connectivity index (χ0) is 14.8. The van der Waals surface area contributed by atoms with E-state index in [1.165, 1.54) is 16.9 Å². The van der Waals surface area contributed by atoms with Crippen molar-refractivity contribution in [1.29, 1.82) is 0 Å². The number of nitrogens with one attached hydrogen (secondary N) is 2. The SMILES string of the molecule is Cc1ccccc1-c1csc(NC(=O)C(C)C2CNC2)n1. The predicted octanol–water partition coefficient (Wildman–Crippen LogP) is 2.91. The second-order valence-corrected chi connectivity index (χ2v) is 6.41. The summed E-state index contributed by atoms with van der Waals surface area (Å²) >= 11 is 1.48. The summed E-state index contributed by atoms with van der Waals surface area (Å²) in [4.78, 5) is 16.7. The molecule has 3 rings (SSSR count). The quantitative estimate of drug-likeness (QED) is 0.913. The molecule has 1 unspecified atom stereocenters. The Morgan fingerprint density at radius 3 is 2.86 bits per heavy atom. The minimum absolute atomic E-state index is 0.0251. The van der Waals surface area contributed by atoms with E-state index < -0.39 is 0 Å². The summed E-state index contributed by atoms with van der Waals surface area (Å²) in [6.07, 6.45) is 0. The van der Waals surface area contributed by atoms with Crippen LogP contribution in [0.25, 0.3) is 11.3 Å². The molecule has 1 atom stereocenters. The Morgan fingerprint density at radius 1 is 1.43 bits per heavy atom. The van der Waals surface area contributed by atoms with Crippen LogP contribution in [0, 0.1) is 18.8 Å². The summed E-state index contributed by atoms with van der Waals surface area (Å²) in [5.41, 5.74) is 3.23. The maximum atomic E-state index is 12.2. The fourth-order valence-corrected chi connectivity index (χ4v) is 3.13. The highest BCUT2D eigenvalue weighted by Crippen LogP contribution is 2.28. The van der Waals surface area contributed by atoms with E-state index in [2.05, 4.69) is 34.7 Å². The van der Waals surface area contributed by atoms with Gasteiger partial charge in [-0.05, 0) is 31.5 Å². The van der Waals surface area contributed by atoms with Gasteiger partial charge in [-0.3, -0.25) is 4.79 Å². The third-order valence-electron chi connectivity index (χ3n) is 4.09. The van der Waals surface area contributed by atoms with Crippen molar-refractivity contribution in [2.45, 2.75) is 13.8 Å². The van der Waals surface area contributed by atoms with Crippen molar-refractivity contribution in [3.8, 4) is 11.3 Å². The van der Waals surface area contributed by atoms with Gasteiger partial charge in [-0.25, -0.2) is 4.98 Å². The van der Waals surface area contributed by atoms with E-state index in [-0.39, 0.29) is 11.8 Å². The number of nitrogens with zero attached hydrogens (tertiary/aromatic N) is 1. The Balaban J connectivity index is 1.70. The van der Waals surface area contributed by atoms with Crippen LogP contribution in [-0.4, -0.2) is 24.0 Å². The normalized spacial score (nSPS) is 16.3. The largest absolute Gasteiger partial charge is 0.316 e. The molecule has 2 heterocycles. The van der Waals surface area contributed by atoms with Gasteiger partial charge in [0.15, 0.2) is 5.13 Å². The van der Waals surface area contributed by atoms with Crippen LogP contribution in [0.1, 0.15) is 12.5 Å². The second kappa shape index (κ2) is 5.95. The first-order valence-corrected chi connectivity index (χ1v) is 8.06. The first-order chi connectivity index (χ1) is 10.1. The van der Waals surface area contributed by atoms with E-state index in [1.54, 1.807) is 0 Å². The molecule has 5 heteroatoms. The van der Waals surface area contributed by atoms with Crippen LogP contribution < -0.4 is 10.6 Å². The maximum absolute atomic E-state index is 12.2. The summed E-state index contributed by atoms with van der Waals surface area (Å²) in [7, 11) is 0. The number of thiazole rings is 1. The van der Waals surface area contributed by atoms with Crippen LogP contribution in [0.5, 0.6) is 0 Å². The third kappa shape index (κ3) is 2.99. The van der Waals surface area contributed by atoms with Crippen molar-refractivity contribution < 1.29 is 4.79 Å². The van der Waals surface area contributed by atoms with Crippen molar-refractivity contribution >= 4 is 22.4 Å². The Morgan fingerprint density at radius 2 is 2.19 bits per heavy atom. The fraction of sp³-hybridized carbons (Fsp3) is 0.375. The maximum Gasteiger partial charge on any atom is 0.229 e. The molecule has 1 aromatic heterocycles. The number of hydrogen-bond acceptors (Lipinski definition) is 4. The Labute approximate surface area is 128 Å². The summed E-state index contributed by atoms with van der Waals surface area (Å²) in [6.45, 7) is 5.91. The molecular formula is C16H19N3OS. The van der Waals surface area contributed by atoms with Crippen LogP contribution >= 0.6 is 11.3 Å². The molecule has 0 saturated carbocycles. The number of aryl methyl sites for hydroxylation is 1. The number of anilines is 1. The lowest BCUT2D eigenvalue weighted by atomic mass is 9.88. The zero-order valence-corrected chi connectivity index (χ0v) is 13.0. The molecule has 1 aliphatic rings. The zero-order valence-electron chi connectivity index (χ0n) is 12.2. The van der Waals surface area contributed by atoms with E-state index in [1.807, 2.05) is 24.4 Å². The summed E-state index contributed by atoms with van der Waals surface area (Å²) in [6, 6.07) is 8.14. The topological polar surface area (TPSA) is 54.0 Å². The van der Waals surface area contributed by atoms with Crippen LogP contribution in [0.2, 0.25) is 0 Å². The molecule has 0 radical (unpaired) electrons. The van der Waals surface area contributed by atoms with E-state index in [4.69, 9.17) is 0 Å². The lowest BCUT2D eigenvalue weighted by Gasteiger charge is -2.31. The van der Waals surface area contributed by atoms with Gasteiger partial charge in [-0.1, -0.05) is 31.2 Å². The molecule has 1 saturated heterocycles. The highest BCUT2D eigenvalue weighted by Gasteiger charge is 2.29. The lowest BCUT2D eigenvalue weighted by molar-refractivity contribution is -0.121. The monoisotopic (exact) mass is 301 g/mol. The molecule has 21 heavy (non-hydrogen) atoms. The van der Waals surface area contributed by atoms with Gasteiger partial charge >= 0.3 is 0 Å². The molecule has 0 aliphatic carbocycles. The summed E-state index contributed by atoms with van der Waals surface area (Å²) in [5.74, 6) is 0.532. The number of carbonyl (C=O) groups is 1. The molecule has 0 bridgehead atoms. The first kappa shape index (κ1) is 14.2. The van der Waals surface area contributed by atoms with Gasteiger partial charge < -0.3 is 10.6 Å². The molecule has 1 aliphatic heterocycles. The van der Waals surface area contributed by atoms with Crippen LogP contribution in [-0.2, 0) is 4.79 Å².